The van der Waals surface area contributed by atoms with Crippen LogP contribution in [0.3, 0.4) is 0 Å². The van der Waals surface area contributed by atoms with Gasteiger partial charge in [-0.3, -0.25) is 0 Å². The molecule has 1 atom stereocenters. The first-order valence-corrected chi connectivity index (χ1v) is 5.97. The second kappa shape index (κ2) is 5.63. The van der Waals surface area contributed by atoms with Crippen molar-refractivity contribution in [3.63, 3.8) is 0 Å². The van der Waals surface area contributed by atoms with Crippen molar-refractivity contribution in [2.75, 3.05) is 7.05 Å². The fraction of sp³-hybridized carbons (Fsp3) is 0.143. The van der Waals surface area contributed by atoms with Gasteiger partial charge in [-0.1, -0.05) is 17.7 Å². The van der Waals surface area contributed by atoms with Gasteiger partial charge in [0, 0.05) is 11.1 Å². The molecule has 1 N–H and O–H groups in total. The Bertz CT molecular complexity index is 581. The van der Waals surface area contributed by atoms with Crippen LogP contribution >= 0.6 is 11.6 Å². The Morgan fingerprint density at radius 1 is 0.947 bits per heavy atom. The van der Waals surface area contributed by atoms with Crippen LogP contribution in [0, 0.1) is 17.5 Å². The first-order valence-electron chi connectivity index (χ1n) is 5.59. The van der Waals surface area contributed by atoms with E-state index in [-0.39, 0.29) is 5.02 Å². The summed E-state index contributed by atoms with van der Waals surface area (Å²) in [5, 5.41) is 3.11. The molecular weight excluding hydrogens is 275 g/mol. The summed E-state index contributed by atoms with van der Waals surface area (Å²) in [5.74, 6) is -1.81. The number of halogens is 4. The quantitative estimate of drug-likeness (QED) is 0.896. The summed E-state index contributed by atoms with van der Waals surface area (Å²) >= 11 is 5.96. The van der Waals surface area contributed by atoms with Crippen molar-refractivity contribution < 1.29 is 13.2 Å². The van der Waals surface area contributed by atoms with Gasteiger partial charge >= 0.3 is 0 Å². The van der Waals surface area contributed by atoms with Crippen LogP contribution in [0.25, 0.3) is 0 Å². The fourth-order valence-electron chi connectivity index (χ4n) is 1.98. The van der Waals surface area contributed by atoms with Gasteiger partial charge in [0.25, 0.3) is 0 Å². The average molecular weight is 286 g/mol. The molecular formula is C14H11ClF3N. The minimum atomic E-state index is -0.673. The largest absolute Gasteiger partial charge is 0.309 e. The third kappa shape index (κ3) is 3.08. The smallest absolute Gasteiger partial charge is 0.126 e. The van der Waals surface area contributed by atoms with Crippen LogP contribution < -0.4 is 5.32 Å². The summed E-state index contributed by atoms with van der Waals surface area (Å²) in [7, 11) is 1.63. The zero-order chi connectivity index (χ0) is 14.0. The molecule has 2 aromatic rings. The first kappa shape index (κ1) is 13.9. The molecule has 2 rings (SSSR count). The SMILES string of the molecule is CNC(c1cc(F)cc(F)c1)c1ccc(F)cc1Cl. The lowest BCUT2D eigenvalue weighted by Crippen LogP contribution is -2.18. The molecule has 0 aromatic heterocycles. The molecule has 0 fully saturated rings. The summed E-state index contributed by atoms with van der Waals surface area (Å²) in [6.45, 7) is 0. The lowest BCUT2D eigenvalue weighted by molar-refractivity contribution is 0.571. The van der Waals surface area contributed by atoms with E-state index in [9.17, 15) is 13.2 Å². The molecule has 2 aromatic carbocycles. The lowest BCUT2D eigenvalue weighted by Gasteiger charge is -2.18. The number of rotatable bonds is 3. The maximum Gasteiger partial charge on any atom is 0.126 e. The van der Waals surface area contributed by atoms with Gasteiger partial charge in [-0.05, 0) is 42.4 Å². The third-order valence-corrected chi connectivity index (χ3v) is 3.11. The maximum atomic E-state index is 13.2. The van der Waals surface area contributed by atoms with E-state index >= 15 is 0 Å². The van der Waals surface area contributed by atoms with Crippen molar-refractivity contribution in [2.45, 2.75) is 6.04 Å². The molecule has 5 heteroatoms. The van der Waals surface area contributed by atoms with Crippen LogP contribution in [0.2, 0.25) is 5.02 Å². The minimum Gasteiger partial charge on any atom is -0.309 e. The van der Waals surface area contributed by atoms with Crippen molar-refractivity contribution in [3.8, 4) is 0 Å². The molecule has 0 aliphatic rings. The van der Waals surface area contributed by atoms with Gasteiger partial charge in [0.1, 0.15) is 17.5 Å². The average Bonchev–Trinajstić information content (AvgIpc) is 2.31. The third-order valence-electron chi connectivity index (χ3n) is 2.78. The van der Waals surface area contributed by atoms with E-state index in [1.807, 2.05) is 0 Å². The van der Waals surface area contributed by atoms with Gasteiger partial charge in [-0.25, -0.2) is 13.2 Å². The topological polar surface area (TPSA) is 12.0 Å². The van der Waals surface area contributed by atoms with Crippen LogP contribution in [0.4, 0.5) is 13.2 Å². The van der Waals surface area contributed by atoms with E-state index in [1.54, 1.807) is 7.05 Å². The van der Waals surface area contributed by atoms with E-state index in [4.69, 9.17) is 11.6 Å². The summed E-state index contributed by atoms with van der Waals surface area (Å²) in [6, 6.07) is 6.61. The standard InChI is InChI=1S/C14H11ClF3N/c1-19-14(8-4-10(17)6-11(18)5-8)12-3-2-9(16)7-13(12)15/h2-7,14,19H,1H3. The molecule has 0 spiro atoms. The second-order valence-electron chi connectivity index (χ2n) is 4.09. The van der Waals surface area contributed by atoms with Gasteiger partial charge in [0.15, 0.2) is 0 Å². The van der Waals surface area contributed by atoms with Crippen molar-refractivity contribution in [2.24, 2.45) is 0 Å². The second-order valence-corrected chi connectivity index (χ2v) is 4.50. The molecule has 0 heterocycles. The van der Waals surface area contributed by atoms with Crippen LogP contribution in [0.15, 0.2) is 36.4 Å². The number of benzene rings is 2. The molecule has 1 unspecified atom stereocenters. The van der Waals surface area contributed by atoms with Gasteiger partial charge in [0.2, 0.25) is 0 Å². The summed E-state index contributed by atoms with van der Waals surface area (Å²) < 4.78 is 39.5. The van der Waals surface area contributed by atoms with Crippen molar-refractivity contribution >= 4 is 11.6 Å². The van der Waals surface area contributed by atoms with Gasteiger partial charge in [0.05, 0.1) is 6.04 Å². The highest BCUT2D eigenvalue weighted by Crippen LogP contribution is 2.29. The van der Waals surface area contributed by atoms with Crippen molar-refractivity contribution in [3.05, 3.63) is 70.0 Å². The zero-order valence-electron chi connectivity index (χ0n) is 10.1. The molecule has 0 saturated heterocycles. The van der Waals surface area contributed by atoms with Crippen LogP contribution in [0.5, 0.6) is 0 Å². The van der Waals surface area contributed by atoms with Gasteiger partial charge in [-0.2, -0.15) is 0 Å². The van der Waals surface area contributed by atoms with Crippen LogP contribution in [0.1, 0.15) is 17.2 Å². The van der Waals surface area contributed by atoms with Crippen LogP contribution in [-0.4, -0.2) is 7.05 Å². The number of hydrogen-bond donors (Lipinski definition) is 1. The Balaban J connectivity index is 2.49. The van der Waals surface area contributed by atoms with E-state index in [0.29, 0.717) is 11.1 Å². The molecule has 100 valence electrons. The Morgan fingerprint density at radius 2 is 1.58 bits per heavy atom. The van der Waals surface area contributed by atoms with E-state index in [1.165, 1.54) is 24.3 Å². The van der Waals surface area contributed by atoms with Crippen molar-refractivity contribution in [1.29, 1.82) is 0 Å². The normalized spacial score (nSPS) is 12.5. The predicted molar refractivity (Wildman–Crippen MR) is 68.7 cm³/mol. The minimum absolute atomic E-state index is 0.198. The number of hydrogen-bond acceptors (Lipinski definition) is 1. The Labute approximate surface area is 114 Å². The van der Waals surface area contributed by atoms with Gasteiger partial charge in [-0.15, -0.1) is 0 Å². The highest BCUT2D eigenvalue weighted by molar-refractivity contribution is 6.31. The van der Waals surface area contributed by atoms with Crippen LogP contribution in [-0.2, 0) is 0 Å². The van der Waals surface area contributed by atoms with Gasteiger partial charge < -0.3 is 5.32 Å². The Morgan fingerprint density at radius 3 is 2.11 bits per heavy atom. The molecule has 1 nitrogen and oxygen atoms in total. The molecule has 0 aliphatic carbocycles. The molecule has 0 bridgehead atoms. The molecule has 0 aliphatic heterocycles. The summed E-state index contributed by atoms with van der Waals surface area (Å²) in [6.07, 6.45) is 0. The zero-order valence-corrected chi connectivity index (χ0v) is 10.8. The highest BCUT2D eigenvalue weighted by atomic mass is 35.5. The highest BCUT2D eigenvalue weighted by Gasteiger charge is 2.17. The predicted octanol–water partition coefficient (Wildman–Crippen LogP) is 4.07. The summed E-state index contributed by atoms with van der Waals surface area (Å²) in [4.78, 5) is 0. The lowest BCUT2D eigenvalue weighted by atomic mass is 9.98. The monoisotopic (exact) mass is 285 g/mol. The fourth-order valence-corrected chi connectivity index (χ4v) is 2.26. The molecule has 0 radical (unpaired) electrons. The summed E-state index contributed by atoms with van der Waals surface area (Å²) in [5.41, 5.74) is 0.934. The first-order chi connectivity index (χ1) is 9.01. The Kier molecular flexibility index (Phi) is 4.12. The van der Waals surface area contributed by atoms with Crippen molar-refractivity contribution in [1.82, 2.24) is 5.32 Å². The molecule has 19 heavy (non-hydrogen) atoms. The molecule has 0 saturated carbocycles. The Hall–Kier alpha value is -1.52. The van der Waals surface area contributed by atoms with E-state index in [2.05, 4.69) is 5.32 Å². The number of nitrogens with one attached hydrogen (secondary N) is 1. The van der Waals surface area contributed by atoms with E-state index in [0.717, 1.165) is 12.1 Å². The van der Waals surface area contributed by atoms with E-state index < -0.39 is 23.5 Å². The molecule has 0 amide bonds. The maximum absolute atomic E-state index is 13.2.